The molecular weight excluding hydrogens is 421 g/mol. The summed E-state index contributed by atoms with van der Waals surface area (Å²) in [6.45, 7) is 0.408. The lowest BCUT2D eigenvalue weighted by Crippen LogP contribution is -1.98. The van der Waals surface area contributed by atoms with Crippen LogP contribution in [-0.4, -0.2) is 7.11 Å². The van der Waals surface area contributed by atoms with E-state index in [0.717, 1.165) is 15.6 Å². The van der Waals surface area contributed by atoms with Crippen molar-refractivity contribution in [3.8, 4) is 17.6 Å². The van der Waals surface area contributed by atoms with Gasteiger partial charge in [-0.25, -0.2) is 4.39 Å². The predicted octanol–water partition coefficient (Wildman–Crippen LogP) is 6.24. The Morgan fingerprint density at radius 1 is 1.07 bits per heavy atom. The number of nitrogens with zero attached hydrogens (tertiary/aromatic N) is 1. The molecule has 0 radical (unpaired) electrons. The maximum atomic E-state index is 13.4. The minimum atomic E-state index is -0.382. The normalized spacial score (nSPS) is 11.0. The van der Waals surface area contributed by atoms with E-state index in [1.165, 1.54) is 12.1 Å². The highest BCUT2D eigenvalue weighted by molar-refractivity contribution is 9.10. The van der Waals surface area contributed by atoms with Gasteiger partial charge in [0, 0.05) is 4.47 Å². The lowest BCUT2D eigenvalue weighted by molar-refractivity contribution is 0.284. The van der Waals surface area contributed by atoms with E-state index in [9.17, 15) is 9.65 Å². The van der Waals surface area contributed by atoms with Crippen molar-refractivity contribution in [3.63, 3.8) is 0 Å². The zero-order valence-electron chi connectivity index (χ0n) is 15.2. The predicted molar refractivity (Wildman–Crippen MR) is 111 cm³/mol. The number of ether oxygens (including phenoxy) is 2. The SMILES string of the molecule is COc1cc(/C=C(/C#N)c2cccc(F)c2)ccc1OCc1ccc(Br)cc1. The Labute approximate surface area is 171 Å². The van der Waals surface area contributed by atoms with Gasteiger partial charge in [-0.05, 0) is 59.2 Å². The van der Waals surface area contributed by atoms with Gasteiger partial charge in [0.1, 0.15) is 12.4 Å². The molecule has 0 N–H and O–H groups in total. The summed E-state index contributed by atoms with van der Waals surface area (Å²) >= 11 is 3.41. The Morgan fingerprint density at radius 3 is 2.54 bits per heavy atom. The Bertz CT molecular complexity index is 1040. The molecule has 0 bridgehead atoms. The van der Waals surface area contributed by atoms with Gasteiger partial charge < -0.3 is 9.47 Å². The second kappa shape index (κ2) is 9.20. The molecule has 0 amide bonds. The molecule has 3 nitrogen and oxygen atoms in total. The van der Waals surface area contributed by atoms with E-state index in [1.54, 1.807) is 37.5 Å². The molecule has 0 heterocycles. The molecule has 0 aliphatic heterocycles. The number of methoxy groups -OCH3 is 1. The number of rotatable bonds is 6. The molecule has 140 valence electrons. The average molecular weight is 438 g/mol. The van der Waals surface area contributed by atoms with Crippen LogP contribution in [0.2, 0.25) is 0 Å². The molecule has 28 heavy (non-hydrogen) atoms. The van der Waals surface area contributed by atoms with Crippen LogP contribution in [0.4, 0.5) is 4.39 Å². The second-order valence-corrected chi connectivity index (χ2v) is 6.92. The number of nitriles is 1. The quantitative estimate of drug-likeness (QED) is 0.338. The first-order chi connectivity index (χ1) is 13.6. The molecule has 3 aromatic carbocycles. The fourth-order valence-electron chi connectivity index (χ4n) is 2.64. The van der Waals surface area contributed by atoms with Gasteiger partial charge in [0.25, 0.3) is 0 Å². The van der Waals surface area contributed by atoms with E-state index in [2.05, 4.69) is 22.0 Å². The van der Waals surface area contributed by atoms with Gasteiger partial charge in [0.15, 0.2) is 11.5 Å². The van der Waals surface area contributed by atoms with Crippen LogP contribution in [0, 0.1) is 17.1 Å². The van der Waals surface area contributed by atoms with Crippen molar-refractivity contribution in [3.05, 3.63) is 93.7 Å². The summed E-state index contributed by atoms with van der Waals surface area (Å²) in [5.41, 5.74) is 2.68. The number of benzene rings is 3. The first kappa shape index (κ1) is 19.7. The van der Waals surface area contributed by atoms with E-state index in [0.29, 0.717) is 29.2 Å². The van der Waals surface area contributed by atoms with Crippen LogP contribution < -0.4 is 9.47 Å². The lowest BCUT2D eigenvalue weighted by atomic mass is 10.0. The maximum absolute atomic E-state index is 13.4. The number of hydrogen-bond donors (Lipinski definition) is 0. The summed E-state index contributed by atoms with van der Waals surface area (Å²) < 4.78 is 25.7. The molecular formula is C23H17BrFNO2. The fourth-order valence-corrected chi connectivity index (χ4v) is 2.90. The summed E-state index contributed by atoms with van der Waals surface area (Å²) in [6.07, 6.45) is 1.69. The van der Waals surface area contributed by atoms with Crippen LogP contribution in [0.25, 0.3) is 11.6 Å². The van der Waals surface area contributed by atoms with Crippen LogP contribution >= 0.6 is 15.9 Å². The topological polar surface area (TPSA) is 42.2 Å². The molecule has 0 saturated heterocycles. The summed E-state index contributed by atoms with van der Waals surface area (Å²) in [5, 5.41) is 9.44. The van der Waals surface area contributed by atoms with Gasteiger partial charge in [-0.3, -0.25) is 0 Å². The second-order valence-electron chi connectivity index (χ2n) is 6.01. The van der Waals surface area contributed by atoms with Gasteiger partial charge in [-0.2, -0.15) is 5.26 Å². The molecule has 0 unspecified atom stereocenters. The van der Waals surface area contributed by atoms with Crippen LogP contribution in [0.15, 0.2) is 71.2 Å². The summed E-state index contributed by atoms with van der Waals surface area (Å²) in [6, 6.07) is 21.4. The number of allylic oxidation sites excluding steroid dienone is 1. The van der Waals surface area contributed by atoms with Crippen LogP contribution in [-0.2, 0) is 6.61 Å². The first-order valence-corrected chi connectivity index (χ1v) is 9.31. The summed E-state index contributed by atoms with van der Waals surface area (Å²) in [5.74, 6) is 0.780. The van der Waals surface area contributed by atoms with Crippen molar-refractivity contribution >= 4 is 27.6 Å². The van der Waals surface area contributed by atoms with Gasteiger partial charge in [0.05, 0.1) is 18.8 Å². The Kier molecular flexibility index (Phi) is 6.46. The van der Waals surface area contributed by atoms with Gasteiger partial charge >= 0.3 is 0 Å². The van der Waals surface area contributed by atoms with Crippen LogP contribution in [0.1, 0.15) is 16.7 Å². The van der Waals surface area contributed by atoms with Gasteiger partial charge in [-0.1, -0.05) is 46.3 Å². The highest BCUT2D eigenvalue weighted by Gasteiger charge is 2.08. The third-order valence-corrected chi connectivity index (χ3v) is 4.59. The Morgan fingerprint density at radius 2 is 1.86 bits per heavy atom. The minimum absolute atomic E-state index is 0.366. The standard InChI is InChI=1S/C23H17BrFNO2/c1-27-23-12-17(11-19(14-26)18-3-2-4-21(25)13-18)7-10-22(23)28-15-16-5-8-20(24)9-6-16/h2-13H,15H2,1H3/b19-11-. The summed E-state index contributed by atoms with van der Waals surface area (Å²) in [4.78, 5) is 0. The highest BCUT2D eigenvalue weighted by Crippen LogP contribution is 2.30. The summed E-state index contributed by atoms with van der Waals surface area (Å²) in [7, 11) is 1.56. The van der Waals surface area contributed by atoms with Crippen LogP contribution in [0.3, 0.4) is 0 Å². The first-order valence-electron chi connectivity index (χ1n) is 8.52. The molecule has 3 aromatic rings. The van der Waals surface area contributed by atoms with Crippen molar-refractivity contribution in [1.82, 2.24) is 0 Å². The number of halogens is 2. The zero-order chi connectivity index (χ0) is 19.9. The molecule has 5 heteroatoms. The average Bonchev–Trinajstić information content (AvgIpc) is 2.72. The fraction of sp³-hybridized carbons (Fsp3) is 0.0870. The van der Waals surface area contributed by atoms with E-state index < -0.39 is 0 Å². The van der Waals surface area contributed by atoms with E-state index >= 15 is 0 Å². The highest BCUT2D eigenvalue weighted by atomic mass is 79.9. The van der Waals surface area contributed by atoms with Crippen molar-refractivity contribution in [1.29, 1.82) is 5.26 Å². The van der Waals surface area contributed by atoms with Gasteiger partial charge in [0.2, 0.25) is 0 Å². The molecule has 0 saturated carbocycles. The van der Waals surface area contributed by atoms with Crippen molar-refractivity contribution in [2.24, 2.45) is 0 Å². The maximum Gasteiger partial charge on any atom is 0.161 e. The lowest BCUT2D eigenvalue weighted by Gasteiger charge is -2.12. The number of hydrogen-bond acceptors (Lipinski definition) is 3. The smallest absolute Gasteiger partial charge is 0.161 e. The molecule has 3 rings (SSSR count). The van der Waals surface area contributed by atoms with Crippen molar-refractivity contribution in [2.75, 3.05) is 7.11 Å². The molecule has 0 aliphatic carbocycles. The van der Waals surface area contributed by atoms with Crippen molar-refractivity contribution < 1.29 is 13.9 Å². The third-order valence-electron chi connectivity index (χ3n) is 4.06. The molecule has 0 spiro atoms. The zero-order valence-corrected chi connectivity index (χ0v) is 16.7. The minimum Gasteiger partial charge on any atom is -0.493 e. The van der Waals surface area contributed by atoms with E-state index in [-0.39, 0.29) is 5.82 Å². The Balaban J connectivity index is 1.82. The Hall–Kier alpha value is -3.10. The largest absolute Gasteiger partial charge is 0.493 e. The molecule has 0 aliphatic rings. The molecule has 0 atom stereocenters. The third kappa shape index (κ3) is 4.99. The molecule has 0 aromatic heterocycles. The molecule has 0 fully saturated rings. The monoisotopic (exact) mass is 437 g/mol. The van der Waals surface area contributed by atoms with E-state index in [4.69, 9.17) is 9.47 Å². The van der Waals surface area contributed by atoms with Gasteiger partial charge in [-0.15, -0.1) is 0 Å². The van der Waals surface area contributed by atoms with Crippen molar-refractivity contribution in [2.45, 2.75) is 6.61 Å². The van der Waals surface area contributed by atoms with E-state index in [1.807, 2.05) is 30.3 Å². The van der Waals surface area contributed by atoms with Crippen LogP contribution in [0.5, 0.6) is 11.5 Å².